The molecule has 2 aliphatic rings. The Bertz CT molecular complexity index is 1070. The number of para-hydroxylation sites is 1. The first-order valence-corrected chi connectivity index (χ1v) is 10.1. The van der Waals surface area contributed by atoms with E-state index in [1.165, 1.54) is 0 Å². The second-order valence-electron chi connectivity index (χ2n) is 8.71. The highest BCUT2D eigenvalue weighted by atomic mass is 16.6. The number of Topliss-reactive ketones (excluding diaryl/α,β-unsaturated/α-hetero) is 2. The summed E-state index contributed by atoms with van der Waals surface area (Å²) in [5, 5.41) is 0. The third kappa shape index (κ3) is 3.65. The molecule has 1 spiro atoms. The molecule has 0 radical (unpaired) electrons. The molecule has 160 valence electrons. The number of ketones is 2. The lowest BCUT2D eigenvalue weighted by atomic mass is 9.91. The zero-order chi connectivity index (χ0) is 22.4. The van der Waals surface area contributed by atoms with E-state index < -0.39 is 29.3 Å². The molecule has 2 heterocycles. The molecular formula is C24H23NO6. The number of hydrogen-bond donors (Lipinski definition) is 0. The number of imide groups is 1. The van der Waals surface area contributed by atoms with E-state index in [2.05, 4.69) is 0 Å². The number of hydrogen-bond acceptors (Lipinski definition) is 6. The Hall–Kier alpha value is -3.32. The summed E-state index contributed by atoms with van der Waals surface area (Å²) < 4.78 is 11.4. The Morgan fingerprint density at radius 2 is 1.71 bits per heavy atom. The van der Waals surface area contributed by atoms with Gasteiger partial charge in [0.05, 0.1) is 12.1 Å². The summed E-state index contributed by atoms with van der Waals surface area (Å²) in [7, 11) is 0. The minimum atomic E-state index is -1.63. The minimum Gasteiger partial charge on any atom is -0.443 e. The average Bonchev–Trinajstić information content (AvgIpc) is 3.16. The van der Waals surface area contributed by atoms with Crippen LogP contribution in [0, 0.1) is 0 Å². The molecule has 2 amide bonds. The van der Waals surface area contributed by atoms with Crippen LogP contribution in [0.2, 0.25) is 0 Å². The van der Waals surface area contributed by atoms with Crippen molar-refractivity contribution in [1.29, 1.82) is 0 Å². The topological polar surface area (TPSA) is 90.0 Å². The van der Waals surface area contributed by atoms with Gasteiger partial charge in [0.2, 0.25) is 0 Å². The van der Waals surface area contributed by atoms with Gasteiger partial charge in [-0.1, -0.05) is 48.5 Å². The van der Waals surface area contributed by atoms with Gasteiger partial charge in [-0.25, -0.2) is 9.69 Å². The average molecular weight is 421 g/mol. The summed E-state index contributed by atoms with van der Waals surface area (Å²) in [5.41, 5.74) is -1.22. The van der Waals surface area contributed by atoms with Gasteiger partial charge in [0.15, 0.2) is 17.2 Å². The van der Waals surface area contributed by atoms with Gasteiger partial charge in [0.1, 0.15) is 11.7 Å². The van der Waals surface area contributed by atoms with Gasteiger partial charge < -0.3 is 9.47 Å². The van der Waals surface area contributed by atoms with Crippen molar-refractivity contribution in [1.82, 2.24) is 0 Å². The summed E-state index contributed by atoms with van der Waals surface area (Å²) >= 11 is 0. The maximum absolute atomic E-state index is 13.4. The van der Waals surface area contributed by atoms with E-state index in [1.807, 2.05) is 0 Å². The predicted molar refractivity (Wildman–Crippen MR) is 112 cm³/mol. The molecule has 0 unspecified atom stereocenters. The van der Waals surface area contributed by atoms with Gasteiger partial charge >= 0.3 is 6.09 Å². The molecule has 1 saturated heterocycles. The summed E-state index contributed by atoms with van der Waals surface area (Å²) in [6.45, 7) is 5.11. The number of rotatable bonds is 3. The standard InChI is InChI=1S/C24H23NO6/c1-23(2,3)31-22(29)25-17-12-8-7-11-16(17)24(21(25)28)14-19(27)20(30-24)13-18(26)15-9-5-4-6-10-15/h4-12,20H,13-14H2,1-3H3/t20-,24+/m0/s1. The van der Waals surface area contributed by atoms with Gasteiger partial charge in [0.25, 0.3) is 5.91 Å². The van der Waals surface area contributed by atoms with Gasteiger partial charge in [-0.2, -0.15) is 0 Å². The first-order valence-electron chi connectivity index (χ1n) is 10.1. The molecule has 7 heteroatoms. The molecular weight excluding hydrogens is 398 g/mol. The molecule has 0 bridgehead atoms. The number of amides is 2. The van der Waals surface area contributed by atoms with Crippen molar-refractivity contribution in [3.8, 4) is 0 Å². The van der Waals surface area contributed by atoms with Crippen LogP contribution in [0.4, 0.5) is 10.5 Å². The number of benzene rings is 2. The number of ether oxygens (including phenoxy) is 2. The first kappa shape index (κ1) is 20.9. The Morgan fingerprint density at radius 3 is 2.39 bits per heavy atom. The van der Waals surface area contributed by atoms with Gasteiger partial charge in [-0.3, -0.25) is 14.4 Å². The van der Waals surface area contributed by atoms with E-state index in [1.54, 1.807) is 75.4 Å². The lowest BCUT2D eigenvalue weighted by molar-refractivity contribution is -0.142. The highest BCUT2D eigenvalue weighted by Gasteiger charge is 2.61. The van der Waals surface area contributed by atoms with Crippen LogP contribution in [0.5, 0.6) is 0 Å². The van der Waals surface area contributed by atoms with E-state index in [4.69, 9.17) is 9.47 Å². The SMILES string of the molecule is CC(C)(C)OC(=O)N1C(=O)[C@@]2(CC(=O)[C@H](CC(=O)c3ccccc3)O2)c2ccccc21. The monoisotopic (exact) mass is 421 g/mol. The molecule has 0 aromatic heterocycles. The summed E-state index contributed by atoms with van der Waals surface area (Å²) in [5.74, 6) is -1.27. The highest BCUT2D eigenvalue weighted by molar-refractivity contribution is 6.22. The van der Waals surface area contributed by atoms with E-state index in [0.29, 0.717) is 16.8 Å². The molecule has 4 rings (SSSR count). The zero-order valence-corrected chi connectivity index (χ0v) is 17.6. The largest absolute Gasteiger partial charge is 0.443 e. The fourth-order valence-electron chi connectivity index (χ4n) is 3.96. The number of nitrogens with zero attached hydrogens (tertiary/aromatic N) is 1. The fourth-order valence-corrected chi connectivity index (χ4v) is 3.96. The fraction of sp³-hybridized carbons (Fsp3) is 0.333. The Labute approximate surface area is 179 Å². The first-order chi connectivity index (χ1) is 14.6. The zero-order valence-electron chi connectivity index (χ0n) is 17.6. The van der Waals surface area contributed by atoms with Crippen LogP contribution in [0.25, 0.3) is 0 Å². The third-order valence-electron chi connectivity index (χ3n) is 5.30. The molecule has 2 aromatic rings. The normalized spacial score (nSPS) is 22.7. The third-order valence-corrected chi connectivity index (χ3v) is 5.30. The quantitative estimate of drug-likeness (QED) is 0.701. The smallest absolute Gasteiger partial charge is 0.421 e. The molecule has 2 aromatic carbocycles. The summed E-state index contributed by atoms with van der Waals surface area (Å²) in [6.07, 6.45) is -2.31. The van der Waals surface area contributed by atoms with E-state index >= 15 is 0 Å². The van der Waals surface area contributed by atoms with Crippen molar-refractivity contribution >= 4 is 29.3 Å². The van der Waals surface area contributed by atoms with Crippen molar-refractivity contribution < 1.29 is 28.7 Å². The maximum atomic E-state index is 13.4. The van der Waals surface area contributed by atoms with Gasteiger partial charge in [-0.05, 0) is 26.8 Å². The number of carbonyl (C=O) groups excluding carboxylic acids is 4. The van der Waals surface area contributed by atoms with E-state index in [0.717, 1.165) is 4.90 Å². The van der Waals surface area contributed by atoms with Gasteiger partial charge in [-0.15, -0.1) is 0 Å². The summed E-state index contributed by atoms with van der Waals surface area (Å²) in [4.78, 5) is 52.5. The Balaban J connectivity index is 1.64. The van der Waals surface area contributed by atoms with Crippen molar-refractivity contribution in [2.24, 2.45) is 0 Å². The lowest BCUT2D eigenvalue weighted by Gasteiger charge is -2.25. The molecule has 0 saturated carbocycles. The molecule has 7 nitrogen and oxygen atoms in total. The van der Waals surface area contributed by atoms with Crippen molar-refractivity contribution in [2.45, 2.75) is 50.9 Å². The Kier molecular flexibility index (Phi) is 5.01. The minimum absolute atomic E-state index is 0.174. The molecule has 2 atom stereocenters. The van der Waals surface area contributed by atoms with Crippen molar-refractivity contribution in [3.63, 3.8) is 0 Å². The van der Waals surface area contributed by atoms with Crippen LogP contribution in [-0.4, -0.2) is 35.3 Å². The van der Waals surface area contributed by atoms with E-state index in [9.17, 15) is 19.2 Å². The molecule has 0 aliphatic carbocycles. The second-order valence-corrected chi connectivity index (χ2v) is 8.71. The van der Waals surface area contributed by atoms with Crippen LogP contribution in [0.1, 0.15) is 49.5 Å². The number of fused-ring (bicyclic) bond motifs is 2. The molecule has 0 N–H and O–H groups in total. The predicted octanol–water partition coefficient (Wildman–Crippen LogP) is 3.79. The van der Waals surface area contributed by atoms with Crippen LogP contribution in [0.15, 0.2) is 54.6 Å². The van der Waals surface area contributed by atoms with Crippen LogP contribution in [0.3, 0.4) is 0 Å². The highest BCUT2D eigenvalue weighted by Crippen LogP contribution is 2.49. The van der Waals surface area contributed by atoms with Crippen molar-refractivity contribution in [2.75, 3.05) is 4.90 Å². The molecule has 2 aliphatic heterocycles. The van der Waals surface area contributed by atoms with Crippen molar-refractivity contribution in [3.05, 3.63) is 65.7 Å². The maximum Gasteiger partial charge on any atom is 0.421 e. The van der Waals surface area contributed by atoms with Crippen LogP contribution < -0.4 is 4.90 Å². The Morgan fingerprint density at radius 1 is 1.06 bits per heavy atom. The number of anilines is 1. The van der Waals surface area contributed by atoms with E-state index in [-0.39, 0.29) is 24.4 Å². The number of carbonyl (C=O) groups is 4. The summed E-state index contributed by atoms with van der Waals surface area (Å²) in [6, 6.07) is 15.3. The lowest BCUT2D eigenvalue weighted by Crippen LogP contribution is -2.45. The van der Waals surface area contributed by atoms with Gasteiger partial charge in [0, 0.05) is 17.5 Å². The molecule has 1 fully saturated rings. The van der Waals surface area contributed by atoms with Crippen LogP contribution in [-0.2, 0) is 24.7 Å². The van der Waals surface area contributed by atoms with Crippen LogP contribution >= 0.6 is 0 Å². The second kappa shape index (κ2) is 7.42. The molecule has 31 heavy (non-hydrogen) atoms.